The highest BCUT2D eigenvalue weighted by Gasteiger charge is 2.13. The van der Waals surface area contributed by atoms with Crippen LogP contribution in [0.5, 0.6) is 5.75 Å². The van der Waals surface area contributed by atoms with Gasteiger partial charge in [0.05, 0.1) is 25.3 Å². The minimum absolute atomic E-state index is 0.438. The van der Waals surface area contributed by atoms with E-state index in [0.29, 0.717) is 6.42 Å². The molecule has 0 aliphatic rings. The van der Waals surface area contributed by atoms with Crippen molar-refractivity contribution in [2.24, 2.45) is 0 Å². The SMILES string of the molecule is COc1ccc(C)cc1-n1c(C)cc(CC#N)c1C. The van der Waals surface area contributed by atoms with Gasteiger partial charge in [-0.05, 0) is 50.1 Å². The number of aryl methyl sites for hydroxylation is 2. The quantitative estimate of drug-likeness (QED) is 0.841. The Labute approximate surface area is 114 Å². The maximum absolute atomic E-state index is 8.88. The van der Waals surface area contributed by atoms with E-state index in [1.54, 1.807) is 7.11 Å². The molecule has 3 nitrogen and oxygen atoms in total. The van der Waals surface area contributed by atoms with Gasteiger partial charge in [-0.2, -0.15) is 5.26 Å². The lowest BCUT2D eigenvalue weighted by Crippen LogP contribution is -2.02. The number of ether oxygens (including phenoxy) is 1. The first-order chi connectivity index (χ1) is 9.08. The summed E-state index contributed by atoms with van der Waals surface area (Å²) in [6.07, 6.45) is 0.438. The summed E-state index contributed by atoms with van der Waals surface area (Å²) in [5.74, 6) is 0.843. The lowest BCUT2D eigenvalue weighted by molar-refractivity contribution is 0.412. The summed E-state index contributed by atoms with van der Waals surface area (Å²) >= 11 is 0. The number of benzene rings is 1. The molecule has 3 heteroatoms. The first-order valence-corrected chi connectivity index (χ1v) is 6.28. The molecule has 2 aromatic rings. The van der Waals surface area contributed by atoms with Gasteiger partial charge in [-0.15, -0.1) is 0 Å². The predicted molar refractivity (Wildman–Crippen MR) is 75.8 cm³/mol. The topological polar surface area (TPSA) is 38.0 Å². The monoisotopic (exact) mass is 254 g/mol. The van der Waals surface area contributed by atoms with Crippen molar-refractivity contribution in [3.63, 3.8) is 0 Å². The largest absolute Gasteiger partial charge is 0.495 e. The van der Waals surface area contributed by atoms with E-state index in [-0.39, 0.29) is 0 Å². The van der Waals surface area contributed by atoms with E-state index in [9.17, 15) is 0 Å². The van der Waals surface area contributed by atoms with Gasteiger partial charge < -0.3 is 9.30 Å². The Morgan fingerprint density at radius 1 is 1.21 bits per heavy atom. The Morgan fingerprint density at radius 2 is 1.95 bits per heavy atom. The fourth-order valence-electron chi connectivity index (χ4n) is 2.44. The molecule has 1 aromatic heterocycles. The molecular weight excluding hydrogens is 236 g/mol. The van der Waals surface area contributed by atoms with Gasteiger partial charge in [0.2, 0.25) is 0 Å². The van der Waals surface area contributed by atoms with Gasteiger partial charge in [-0.1, -0.05) is 6.07 Å². The average molecular weight is 254 g/mol. The Balaban J connectivity index is 2.65. The van der Waals surface area contributed by atoms with Crippen molar-refractivity contribution < 1.29 is 4.74 Å². The molecule has 0 unspecified atom stereocenters. The zero-order valence-electron chi connectivity index (χ0n) is 11.8. The smallest absolute Gasteiger partial charge is 0.142 e. The minimum atomic E-state index is 0.438. The van der Waals surface area contributed by atoms with Crippen molar-refractivity contribution in [2.75, 3.05) is 7.11 Å². The van der Waals surface area contributed by atoms with Crippen LogP contribution >= 0.6 is 0 Å². The Morgan fingerprint density at radius 3 is 2.58 bits per heavy atom. The predicted octanol–water partition coefficient (Wildman–Crippen LogP) is 3.48. The van der Waals surface area contributed by atoms with Crippen LogP contribution < -0.4 is 4.74 Å². The lowest BCUT2D eigenvalue weighted by Gasteiger charge is -2.14. The summed E-state index contributed by atoms with van der Waals surface area (Å²) in [4.78, 5) is 0. The van der Waals surface area contributed by atoms with Crippen molar-refractivity contribution in [2.45, 2.75) is 27.2 Å². The fraction of sp³-hybridized carbons (Fsp3) is 0.312. The first kappa shape index (κ1) is 13.2. The molecule has 1 aromatic carbocycles. The molecule has 0 spiro atoms. The van der Waals surface area contributed by atoms with Crippen LogP contribution in [0.15, 0.2) is 24.3 Å². The second-order valence-corrected chi connectivity index (χ2v) is 4.74. The molecule has 0 radical (unpaired) electrons. The number of hydrogen-bond donors (Lipinski definition) is 0. The number of aromatic nitrogens is 1. The number of nitriles is 1. The van der Waals surface area contributed by atoms with Gasteiger partial charge in [-0.25, -0.2) is 0 Å². The Kier molecular flexibility index (Phi) is 3.62. The van der Waals surface area contributed by atoms with Crippen molar-refractivity contribution in [3.8, 4) is 17.5 Å². The Bertz CT molecular complexity index is 647. The van der Waals surface area contributed by atoms with Crippen LogP contribution in [0.2, 0.25) is 0 Å². The molecule has 0 atom stereocenters. The van der Waals surface area contributed by atoms with Gasteiger partial charge >= 0.3 is 0 Å². The second kappa shape index (κ2) is 5.19. The number of methoxy groups -OCH3 is 1. The third kappa shape index (κ3) is 2.34. The standard InChI is InChI=1S/C16H18N2O/c1-11-5-6-16(19-4)15(9-11)18-12(2)10-14(7-8-17)13(18)3/h5-6,9-10H,7H2,1-4H3. The van der Waals surface area contributed by atoms with Crippen LogP contribution in [0.4, 0.5) is 0 Å². The molecule has 0 fully saturated rings. The van der Waals surface area contributed by atoms with E-state index in [4.69, 9.17) is 10.00 Å². The number of hydrogen-bond acceptors (Lipinski definition) is 2. The van der Waals surface area contributed by atoms with Gasteiger partial charge in [-0.3, -0.25) is 0 Å². The lowest BCUT2D eigenvalue weighted by atomic mass is 10.2. The van der Waals surface area contributed by atoms with Gasteiger partial charge in [0.15, 0.2) is 0 Å². The van der Waals surface area contributed by atoms with Gasteiger partial charge in [0.25, 0.3) is 0 Å². The van der Waals surface area contributed by atoms with E-state index in [0.717, 1.165) is 28.4 Å². The van der Waals surface area contributed by atoms with E-state index >= 15 is 0 Å². The van der Waals surface area contributed by atoms with Crippen LogP contribution in [0.25, 0.3) is 5.69 Å². The molecule has 19 heavy (non-hydrogen) atoms. The molecule has 0 aliphatic heterocycles. The second-order valence-electron chi connectivity index (χ2n) is 4.74. The van der Waals surface area contributed by atoms with Crippen LogP contribution in [0.1, 0.15) is 22.5 Å². The van der Waals surface area contributed by atoms with E-state index in [1.807, 2.05) is 19.1 Å². The van der Waals surface area contributed by atoms with Gasteiger partial charge in [0, 0.05) is 11.4 Å². The summed E-state index contributed by atoms with van der Waals surface area (Å²) < 4.78 is 7.60. The molecule has 0 bridgehead atoms. The highest BCUT2D eigenvalue weighted by Crippen LogP contribution is 2.29. The number of nitrogens with zero attached hydrogens (tertiary/aromatic N) is 2. The van der Waals surface area contributed by atoms with Crippen molar-refractivity contribution >= 4 is 0 Å². The molecule has 1 heterocycles. The number of rotatable bonds is 3. The summed E-state index contributed by atoms with van der Waals surface area (Å²) in [5.41, 5.74) is 5.50. The highest BCUT2D eigenvalue weighted by atomic mass is 16.5. The van der Waals surface area contributed by atoms with Crippen LogP contribution in [0, 0.1) is 32.1 Å². The van der Waals surface area contributed by atoms with Crippen molar-refractivity contribution in [1.82, 2.24) is 4.57 Å². The minimum Gasteiger partial charge on any atom is -0.495 e. The molecule has 0 aliphatic carbocycles. The highest BCUT2D eigenvalue weighted by molar-refractivity contribution is 5.52. The van der Waals surface area contributed by atoms with Gasteiger partial charge in [0.1, 0.15) is 5.75 Å². The fourth-order valence-corrected chi connectivity index (χ4v) is 2.44. The molecule has 0 saturated carbocycles. The third-order valence-corrected chi connectivity index (χ3v) is 3.38. The molecule has 98 valence electrons. The summed E-state index contributed by atoms with van der Waals surface area (Å²) in [6.45, 7) is 6.16. The normalized spacial score (nSPS) is 10.3. The third-order valence-electron chi connectivity index (χ3n) is 3.38. The van der Waals surface area contributed by atoms with Crippen molar-refractivity contribution in [1.29, 1.82) is 5.26 Å². The Hall–Kier alpha value is -2.21. The molecular formula is C16H18N2O. The van der Waals surface area contributed by atoms with E-state index in [2.05, 4.69) is 36.6 Å². The summed E-state index contributed by atoms with van der Waals surface area (Å²) in [5, 5.41) is 8.88. The molecule has 0 saturated heterocycles. The summed E-state index contributed by atoms with van der Waals surface area (Å²) in [7, 11) is 1.68. The zero-order chi connectivity index (χ0) is 14.0. The van der Waals surface area contributed by atoms with Crippen LogP contribution in [-0.2, 0) is 6.42 Å². The average Bonchev–Trinajstić information content (AvgIpc) is 2.65. The zero-order valence-corrected chi connectivity index (χ0v) is 11.8. The van der Waals surface area contributed by atoms with E-state index in [1.165, 1.54) is 5.56 Å². The maximum atomic E-state index is 8.88. The first-order valence-electron chi connectivity index (χ1n) is 6.28. The molecule has 2 rings (SSSR count). The summed E-state index contributed by atoms with van der Waals surface area (Å²) in [6, 6.07) is 10.4. The van der Waals surface area contributed by atoms with Crippen LogP contribution in [0.3, 0.4) is 0 Å². The van der Waals surface area contributed by atoms with Crippen molar-refractivity contribution in [3.05, 3.63) is 46.8 Å². The molecule has 0 N–H and O–H groups in total. The molecule has 0 amide bonds. The maximum Gasteiger partial charge on any atom is 0.142 e. The van der Waals surface area contributed by atoms with E-state index < -0.39 is 0 Å². The van der Waals surface area contributed by atoms with Crippen LogP contribution in [-0.4, -0.2) is 11.7 Å².